The highest BCUT2D eigenvalue weighted by molar-refractivity contribution is 5.20. The van der Waals surface area contributed by atoms with Gasteiger partial charge in [-0.25, -0.2) is 8.78 Å². The highest BCUT2D eigenvalue weighted by atomic mass is 19.3. The summed E-state index contributed by atoms with van der Waals surface area (Å²) in [5.74, 6) is 0. The summed E-state index contributed by atoms with van der Waals surface area (Å²) >= 11 is 0. The molecule has 1 atom stereocenters. The number of halogens is 2. The van der Waals surface area contributed by atoms with Crippen LogP contribution in [0, 0.1) is 6.92 Å². The Morgan fingerprint density at radius 2 is 2.38 bits per heavy atom. The van der Waals surface area contributed by atoms with Crippen LogP contribution in [0.3, 0.4) is 0 Å². The Hall–Kier alpha value is -1.17. The molecule has 4 nitrogen and oxygen atoms in total. The van der Waals surface area contributed by atoms with E-state index in [-0.39, 0.29) is 12.6 Å². The monoisotopic (exact) mass is 192 g/mol. The van der Waals surface area contributed by atoms with Crippen LogP contribution in [0.2, 0.25) is 0 Å². The van der Waals surface area contributed by atoms with Gasteiger partial charge in [0.25, 0.3) is 12.4 Å². The van der Waals surface area contributed by atoms with E-state index in [0.29, 0.717) is 5.69 Å². The van der Waals surface area contributed by atoms with Gasteiger partial charge in [-0.2, -0.15) is 4.98 Å². The molecule has 1 heterocycles. The molecule has 0 fully saturated rings. The van der Waals surface area contributed by atoms with Crippen LogP contribution in [0.4, 0.5) is 14.8 Å². The number of anilines is 1. The second kappa shape index (κ2) is 4.18. The summed E-state index contributed by atoms with van der Waals surface area (Å²) in [5.41, 5.74) is 0.647. The van der Waals surface area contributed by atoms with Crippen LogP contribution in [0.15, 0.2) is 10.7 Å². The molecular formula is C7H10F2N2O2. The van der Waals surface area contributed by atoms with Gasteiger partial charge in [-0.15, -0.1) is 0 Å². The number of aromatic nitrogens is 1. The number of aliphatic hydroxyl groups is 1. The average Bonchev–Trinajstić information content (AvgIpc) is 2.47. The van der Waals surface area contributed by atoms with Gasteiger partial charge in [0.05, 0.1) is 12.2 Å². The number of hydrogen-bond acceptors (Lipinski definition) is 4. The molecule has 2 N–H and O–H groups in total. The van der Waals surface area contributed by atoms with Crippen molar-refractivity contribution in [2.75, 3.05) is 11.9 Å². The molecule has 1 aromatic heterocycles. The molecule has 1 unspecified atom stereocenters. The zero-order valence-electron chi connectivity index (χ0n) is 7.00. The van der Waals surface area contributed by atoms with Gasteiger partial charge in [-0.05, 0) is 6.92 Å². The summed E-state index contributed by atoms with van der Waals surface area (Å²) in [7, 11) is 0. The molecule has 74 valence electrons. The maximum atomic E-state index is 11.8. The molecule has 0 spiro atoms. The molecule has 0 aliphatic heterocycles. The van der Waals surface area contributed by atoms with Crippen LogP contribution in [0.25, 0.3) is 0 Å². The predicted octanol–water partition coefficient (Wildman–Crippen LogP) is 1.02. The minimum Gasteiger partial charge on any atom is -0.432 e. The first kappa shape index (κ1) is 9.91. The molecule has 6 heteroatoms. The molecule has 1 aromatic rings. The van der Waals surface area contributed by atoms with Crippen molar-refractivity contribution < 1.29 is 18.3 Å². The lowest BCUT2D eigenvalue weighted by Crippen LogP contribution is -2.26. The first-order valence-corrected chi connectivity index (χ1v) is 3.72. The molecule has 0 aliphatic carbocycles. The predicted molar refractivity (Wildman–Crippen MR) is 41.7 cm³/mol. The van der Waals surface area contributed by atoms with Crippen molar-refractivity contribution in [2.45, 2.75) is 19.5 Å². The van der Waals surface area contributed by atoms with Crippen molar-refractivity contribution in [3.05, 3.63) is 12.0 Å². The fourth-order valence-electron chi connectivity index (χ4n) is 0.716. The van der Waals surface area contributed by atoms with E-state index in [4.69, 9.17) is 9.52 Å². The second-order valence-corrected chi connectivity index (χ2v) is 2.58. The fourth-order valence-corrected chi connectivity index (χ4v) is 0.716. The zero-order chi connectivity index (χ0) is 9.84. The minimum atomic E-state index is -2.76. The van der Waals surface area contributed by atoms with Crippen LogP contribution in [-0.4, -0.2) is 29.2 Å². The summed E-state index contributed by atoms with van der Waals surface area (Å²) < 4.78 is 28.4. The van der Waals surface area contributed by atoms with E-state index in [0.717, 1.165) is 0 Å². The maximum Gasteiger partial charge on any atom is 0.294 e. The van der Waals surface area contributed by atoms with Crippen molar-refractivity contribution in [2.24, 2.45) is 0 Å². The van der Waals surface area contributed by atoms with E-state index in [1.54, 1.807) is 6.92 Å². The molecule has 13 heavy (non-hydrogen) atoms. The molecule has 0 saturated carbocycles. The number of alkyl halides is 2. The summed E-state index contributed by atoms with van der Waals surface area (Å²) in [5, 5.41) is 11.2. The van der Waals surface area contributed by atoms with Gasteiger partial charge in [0.2, 0.25) is 0 Å². The van der Waals surface area contributed by atoms with Crippen molar-refractivity contribution >= 4 is 6.01 Å². The van der Waals surface area contributed by atoms with E-state index in [1.807, 2.05) is 0 Å². The number of rotatable bonds is 4. The molecular weight excluding hydrogens is 182 g/mol. The summed E-state index contributed by atoms with van der Waals surface area (Å²) in [6.45, 7) is 1.43. The first-order chi connectivity index (χ1) is 6.09. The minimum absolute atomic E-state index is 0.136. The van der Waals surface area contributed by atoms with E-state index in [1.165, 1.54) is 6.26 Å². The van der Waals surface area contributed by atoms with Crippen LogP contribution in [0.5, 0.6) is 0 Å². The lowest BCUT2D eigenvalue weighted by atomic mass is 10.4. The third-order valence-electron chi connectivity index (χ3n) is 1.37. The lowest BCUT2D eigenvalue weighted by Gasteiger charge is -2.08. The number of oxazole rings is 1. The molecule has 0 amide bonds. The largest absolute Gasteiger partial charge is 0.432 e. The number of aryl methyl sites for hydroxylation is 1. The third kappa shape index (κ3) is 2.98. The number of aliphatic hydroxyl groups excluding tert-OH is 1. The topological polar surface area (TPSA) is 58.3 Å². The molecule has 0 saturated heterocycles. The second-order valence-electron chi connectivity index (χ2n) is 2.58. The summed E-state index contributed by atoms with van der Waals surface area (Å²) in [6, 6.07) is 0.136. The lowest BCUT2D eigenvalue weighted by molar-refractivity contribution is 0.00360. The molecule has 0 aliphatic rings. The van der Waals surface area contributed by atoms with Crippen molar-refractivity contribution in [1.82, 2.24) is 4.98 Å². The van der Waals surface area contributed by atoms with E-state index >= 15 is 0 Å². The smallest absolute Gasteiger partial charge is 0.294 e. The fraction of sp³-hybridized carbons (Fsp3) is 0.571. The SMILES string of the molecule is Cc1coc(NCC(O)C(F)F)n1. The number of nitrogens with zero attached hydrogens (tertiary/aromatic N) is 1. The standard InChI is InChI=1S/C7H10F2N2O2/c1-4-3-13-7(11-4)10-2-5(12)6(8)9/h3,5-6,12H,2H2,1H3,(H,10,11). The van der Waals surface area contributed by atoms with Gasteiger partial charge in [0.15, 0.2) is 0 Å². The van der Waals surface area contributed by atoms with Gasteiger partial charge in [0, 0.05) is 0 Å². The van der Waals surface area contributed by atoms with Crippen molar-refractivity contribution in [1.29, 1.82) is 0 Å². The number of nitrogens with one attached hydrogen (secondary N) is 1. The van der Waals surface area contributed by atoms with E-state index in [2.05, 4.69) is 10.3 Å². The summed E-state index contributed by atoms with van der Waals surface area (Å²) in [4.78, 5) is 3.81. The summed E-state index contributed by atoms with van der Waals surface area (Å²) in [6.07, 6.45) is -3.08. The van der Waals surface area contributed by atoms with Crippen molar-refractivity contribution in [3.8, 4) is 0 Å². The van der Waals surface area contributed by atoms with Crippen LogP contribution >= 0.6 is 0 Å². The Morgan fingerprint density at radius 1 is 1.69 bits per heavy atom. The Bertz CT molecular complexity index is 265. The quantitative estimate of drug-likeness (QED) is 0.747. The Balaban J connectivity index is 2.35. The van der Waals surface area contributed by atoms with E-state index in [9.17, 15) is 8.78 Å². The normalized spacial score (nSPS) is 13.3. The highest BCUT2D eigenvalue weighted by Crippen LogP contribution is 2.07. The third-order valence-corrected chi connectivity index (χ3v) is 1.37. The van der Waals surface area contributed by atoms with E-state index < -0.39 is 12.5 Å². The highest BCUT2D eigenvalue weighted by Gasteiger charge is 2.16. The van der Waals surface area contributed by atoms with Crippen LogP contribution < -0.4 is 5.32 Å². The number of hydrogen-bond donors (Lipinski definition) is 2. The Morgan fingerprint density at radius 3 is 2.85 bits per heavy atom. The first-order valence-electron chi connectivity index (χ1n) is 3.72. The molecule has 0 bridgehead atoms. The van der Waals surface area contributed by atoms with Gasteiger partial charge in [-0.3, -0.25) is 0 Å². The molecule has 1 rings (SSSR count). The van der Waals surface area contributed by atoms with Crippen LogP contribution in [-0.2, 0) is 0 Å². The van der Waals surface area contributed by atoms with Gasteiger partial charge < -0.3 is 14.8 Å². The molecule has 0 radical (unpaired) electrons. The molecule has 0 aromatic carbocycles. The Kier molecular flexibility index (Phi) is 3.18. The van der Waals surface area contributed by atoms with Crippen molar-refractivity contribution in [3.63, 3.8) is 0 Å². The van der Waals surface area contributed by atoms with Gasteiger partial charge >= 0.3 is 0 Å². The zero-order valence-corrected chi connectivity index (χ0v) is 7.00. The van der Waals surface area contributed by atoms with Gasteiger partial charge in [0.1, 0.15) is 12.4 Å². The van der Waals surface area contributed by atoms with Gasteiger partial charge in [-0.1, -0.05) is 0 Å². The van der Waals surface area contributed by atoms with Crippen LogP contribution in [0.1, 0.15) is 5.69 Å². The maximum absolute atomic E-state index is 11.8. The Labute approximate surface area is 73.6 Å². The average molecular weight is 192 g/mol.